The van der Waals surface area contributed by atoms with Gasteiger partial charge in [0.2, 0.25) is 0 Å². The van der Waals surface area contributed by atoms with Crippen molar-refractivity contribution in [1.82, 2.24) is 0 Å². The molecule has 0 aliphatic rings. The van der Waals surface area contributed by atoms with Gasteiger partial charge in [0, 0.05) is 0 Å². The highest BCUT2D eigenvalue weighted by molar-refractivity contribution is 4.90. The van der Waals surface area contributed by atoms with Gasteiger partial charge in [-0.3, -0.25) is 0 Å². The Morgan fingerprint density at radius 1 is 1.67 bits per heavy atom. The summed E-state index contributed by atoms with van der Waals surface area (Å²) in [7, 11) is 0. The third kappa shape index (κ3) is 4.22. The summed E-state index contributed by atoms with van der Waals surface area (Å²) in [6, 6.07) is 0. The molecule has 0 unspecified atom stereocenters. The first-order chi connectivity index (χ1) is 4.20. The van der Waals surface area contributed by atoms with Crippen molar-refractivity contribution in [3.63, 3.8) is 0 Å². The number of nitrogens with two attached hydrogens (primary N) is 1. The number of allylic oxidation sites excluding steroid dienone is 1. The molecule has 0 heterocycles. The zero-order valence-corrected chi connectivity index (χ0v) is 6.48. The van der Waals surface area contributed by atoms with Crippen molar-refractivity contribution < 1.29 is 0 Å². The molecule has 54 valence electrons. The first-order valence-corrected chi connectivity index (χ1v) is 3.55. The van der Waals surface area contributed by atoms with Crippen molar-refractivity contribution in [3.05, 3.63) is 12.2 Å². The summed E-state index contributed by atoms with van der Waals surface area (Å²) >= 11 is 0. The molecule has 0 saturated heterocycles. The predicted octanol–water partition coefficient (Wildman–Crippen LogP) is 1.94. The Kier molecular flexibility index (Phi) is 4.41. The Morgan fingerprint density at radius 2 is 2.22 bits per heavy atom. The highest BCUT2D eigenvalue weighted by Gasteiger charge is 2.01. The molecule has 0 aromatic rings. The van der Waals surface area contributed by atoms with Crippen LogP contribution in [0.1, 0.15) is 26.7 Å². The quantitative estimate of drug-likeness (QED) is 0.574. The summed E-state index contributed by atoms with van der Waals surface area (Å²) in [6.45, 7) is 8.85. The van der Waals surface area contributed by atoms with Crippen molar-refractivity contribution in [1.29, 1.82) is 0 Å². The number of hydrogen-bond acceptors (Lipinski definition) is 1. The Balaban J connectivity index is 3.43. The number of hydrogen-bond donors (Lipinski definition) is 1. The molecule has 0 amide bonds. The second-order valence-corrected chi connectivity index (χ2v) is 2.67. The fraction of sp³-hybridized carbons (Fsp3) is 0.750. The Labute approximate surface area is 57.9 Å². The average molecular weight is 127 g/mol. The van der Waals surface area contributed by atoms with E-state index in [4.69, 9.17) is 5.73 Å². The molecule has 0 rings (SSSR count). The van der Waals surface area contributed by atoms with E-state index < -0.39 is 0 Å². The van der Waals surface area contributed by atoms with Crippen LogP contribution in [0.15, 0.2) is 12.2 Å². The molecule has 0 bridgehead atoms. The zero-order valence-electron chi connectivity index (χ0n) is 6.48. The van der Waals surface area contributed by atoms with E-state index in [-0.39, 0.29) is 0 Å². The summed E-state index contributed by atoms with van der Waals surface area (Å²) in [5.74, 6) is 0.655. The van der Waals surface area contributed by atoms with Crippen LogP contribution >= 0.6 is 0 Å². The lowest BCUT2D eigenvalue weighted by Gasteiger charge is -2.10. The van der Waals surface area contributed by atoms with Gasteiger partial charge in [-0.15, -0.1) is 6.58 Å². The van der Waals surface area contributed by atoms with Gasteiger partial charge in [0.25, 0.3) is 0 Å². The molecule has 1 atom stereocenters. The molecule has 0 aliphatic carbocycles. The molecule has 1 nitrogen and oxygen atoms in total. The Bertz CT molecular complexity index is 82.6. The lowest BCUT2D eigenvalue weighted by molar-refractivity contribution is 0.517. The molecule has 2 N–H and O–H groups in total. The zero-order chi connectivity index (χ0) is 7.28. The van der Waals surface area contributed by atoms with Crippen molar-refractivity contribution in [2.75, 3.05) is 6.54 Å². The van der Waals surface area contributed by atoms with Crippen LogP contribution in [0.2, 0.25) is 0 Å². The third-order valence-electron chi connectivity index (χ3n) is 1.55. The van der Waals surface area contributed by atoms with Crippen molar-refractivity contribution in [2.24, 2.45) is 11.7 Å². The van der Waals surface area contributed by atoms with Gasteiger partial charge in [-0.2, -0.15) is 0 Å². The topological polar surface area (TPSA) is 26.0 Å². The van der Waals surface area contributed by atoms with Crippen LogP contribution in [0.25, 0.3) is 0 Å². The van der Waals surface area contributed by atoms with Crippen molar-refractivity contribution in [2.45, 2.75) is 26.7 Å². The highest BCUT2D eigenvalue weighted by atomic mass is 14.5. The fourth-order valence-electron chi connectivity index (χ4n) is 0.887. The van der Waals surface area contributed by atoms with E-state index in [0.29, 0.717) is 5.92 Å². The summed E-state index contributed by atoms with van der Waals surface area (Å²) in [5.41, 5.74) is 6.73. The van der Waals surface area contributed by atoms with E-state index in [0.717, 1.165) is 13.0 Å². The van der Waals surface area contributed by atoms with Crippen molar-refractivity contribution >= 4 is 0 Å². The first-order valence-electron chi connectivity index (χ1n) is 3.55. The second kappa shape index (κ2) is 4.57. The summed E-state index contributed by atoms with van der Waals surface area (Å²) in [5, 5.41) is 0. The molecule has 0 fully saturated rings. The lowest BCUT2D eigenvalue weighted by Crippen LogP contribution is -2.13. The lowest BCUT2D eigenvalue weighted by atomic mass is 9.99. The molecular formula is C8H17N. The van der Waals surface area contributed by atoms with Gasteiger partial charge in [-0.1, -0.05) is 18.9 Å². The molecule has 0 aromatic carbocycles. The highest BCUT2D eigenvalue weighted by Crippen LogP contribution is 2.10. The standard InChI is InChI=1S/C8H17N/c1-4-8(6-9)5-7(2)3/h8H,2,4-6,9H2,1,3H3/t8-/m1/s1. The maximum absolute atomic E-state index is 5.49. The van der Waals surface area contributed by atoms with Gasteiger partial charge in [-0.05, 0) is 25.8 Å². The van der Waals surface area contributed by atoms with Crippen LogP contribution in [0.4, 0.5) is 0 Å². The average Bonchev–Trinajstić information content (AvgIpc) is 1.82. The minimum absolute atomic E-state index is 0.655. The summed E-state index contributed by atoms with van der Waals surface area (Å²) < 4.78 is 0. The number of rotatable bonds is 4. The van der Waals surface area contributed by atoms with Crippen LogP contribution < -0.4 is 5.73 Å². The molecule has 1 heteroatoms. The first kappa shape index (κ1) is 8.70. The Morgan fingerprint density at radius 3 is 2.33 bits per heavy atom. The van der Waals surface area contributed by atoms with E-state index in [1.807, 2.05) is 0 Å². The monoisotopic (exact) mass is 127 g/mol. The van der Waals surface area contributed by atoms with Crippen molar-refractivity contribution in [3.8, 4) is 0 Å². The molecule has 0 saturated carbocycles. The summed E-state index contributed by atoms with van der Waals surface area (Å²) in [4.78, 5) is 0. The van der Waals surface area contributed by atoms with E-state index in [9.17, 15) is 0 Å². The maximum Gasteiger partial charge on any atom is -0.00459 e. The van der Waals surface area contributed by atoms with Gasteiger partial charge >= 0.3 is 0 Å². The molecular weight excluding hydrogens is 110 g/mol. The van der Waals surface area contributed by atoms with Crippen LogP contribution in [0.3, 0.4) is 0 Å². The second-order valence-electron chi connectivity index (χ2n) is 2.67. The predicted molar refractivity (Wildman–Crippen MR) is 42.3 cm³/mol. The van der Waals surface area contributed by atoms with E-state index in [2.05, 4.69) is 20.4 Å². The fourth-order valence-corrected chi connectivity index (χ4v) is 0.887. The minimum atomic E-state index is 0.655. The van der Waals surface area contributed by atoms with Gasteiger partial charge in [0.15, 0.2) is 0 Å². The maximum atomic E-state index is 5.49. The SMILES string of the molecule is C=C(C)C[C@@H](CC)CN. The molecule has 0 aliphatic heterocycles. The van der Waals surface area contributed by atoms with Gasteiger partial charge in [0.1, 0.15) is 0 Å². The van der Waals surface area contributed by atoms with Crippen LogP contribution in [-0.4, -0.2) is 6.54 Å². The third-order valence-corrected chi connectivity index (χ3v) is 1.55. The van der Waals surface area contributed by atoms with E-state index in [1.54, 1.807) is 0 Å². The molecule has 0 radical (unpaired) electrons. The van der Waals surface area contributed by atoms with Gasteiger partial charge < -0.3 is 5.73 Å². The van der Waals surface area contributed by atoms with E-state index >= 15 is 0 Å². The minimum Gasteiger partial charge on any atom is -0.330 e. The Hall–Kier alpha value is -0.300. The van der Waals surface area contributed by atoms with Gasteiger partial charge in [0.05, 0.1) is 0 Å². The molecule has 9 heavy (non-hydrogen) atoms. The molecule has 0 aromatic heterocycles. The summed E-state index contributed by atoms with van der Waals surface area (Å²) in [6.07, 6.45) is 2.26. The van der Waals surface area contributed by atoms with Crippen LogP contribution in [0.5, 0.6) is 0 Å². The smallest absolute Gasteiger partial charge is 0.00459 e. The normalized spacial score (nSPS) is 13.2. The van der Waals surface area contributed by atoms with Gasteiger partial charge in [-0.25, -0.2) is 0 Å². The van der Waals surface area contributed by atoms with Crippen LogP contribution in [0, 0.1) is 5.92 Å². The van der Waals surface area contributed by atoms with E-state index in [1.165, 1.54) is 12.0 Å². The largest absolute Gasteiger partial charge is 0.330 e. The van der Waals surface area contributed by atoms with Crippen LogP contribution in [-0.2, 0) is 0 Å². The molecule has 0 spiro atoms.